The number of carbonyl (C=O) groups excluding carboxylic acids is 1. The fraction of sp³-hybridized carbons (Fsp3) is 0.323. The van der Waals surface area contributed by atoms with Gasteiger partial charge in [-0.05, 0) is 43.2 Å². The molecule has 0 aliphatic rings. The molecule has 5 rings (SSSR count). The fourth-order valence-corrected chi connectivity index (χ4v) is 5.37. The first-order valence-corrected chi connectivity index (χ1v) is 14.4. The molecule has 0 bridgehead atoms. The van der Waals surface area contributed by atoms with Crippen LogP contribution in [0.25, 0.3) is 33.1 Å². The number of nitrogens with zero attached hydrogens (tertiary/aromatic N) is 3. The predicted octanol–water partition coefficient (Wildman–Crippen LogP) is 7.48. The maximum Gasteiger partial charge on any atom is 0.515 e. The van der Waals surface area contributed by atoms with Gasteiger partial charge in [-0.3, -0.25) is 0 Å². The van der Waals surface area contributed by atoms with E-state index >= 15 is 0 Å². The van der Waals surface area contributed by atoms with Crippen LogP contribution in [0.15, 0.2) is 54.6 Å². The Labute approximate surface area is 242 Å². The highest BCUT2D eigenvalue weighted by Crippen LogP contribution is 2.46. The number of carbonyl (C=O) groups is 1. The van der Waals surface area contributed by atoms with Crippen molar-refractivity contribution >= 4 is 39.8 Å². The number of aromatic nitrogens is 3. The molecule has 0 saturated heterocycles. The van der Waals surface area contributed by atoms with Crippen molar-refractivity contribution in [1.82, 2.24) is 13.3 Å². The molecule has 2 aromatic heterocycles. The second-order valence-corrected chi connectivity index (χ2v) is 9.94. The van der Waals surface area contributed by atoms with E-state index in [1.165, 1.54) is 0 Å². The highest BCUT2D eigenvalue weighted by molar-refractivity contribution is 7.00. The van der Waals surface area contributed by atoms with Gasteiger partial charge in [0.2, 0.25) is 5.88 Å². The van der Waals surface area contributed by atoms with Crippen LogP contribution in [0.2, 0.25) is 0 Å². The lowest BCUT2D eigenvalue weighted by Crippen LogP contribution is -2.14. The summed E-state index contributed by atoms with van der Waals surface area (Å²) >= 11 is 1.15. The predicted molar refractivity (Wildman–Crippen MR) is 160 cm³/mol. The van der Waals surface area contributed by atoms with E-state index in [2.05, 4.69) is 15.7 Å². The van der Waals surface area contributed by atoms with Crippen LogP contribution in [0.5, 0.6) is 23.1 Å². The van der Waals surface area contributed by atoms with Gasteiger partial charge in [0.05, 0.1) is 56.8 Å². The van der Waals surface area contributed by atoms with Crippen molar-refractivity contribution in [3.63, 3.8) is 0 Å². The lowest BCUT2D eigenvalue weighted by atomic mass is 10.0. The zero-order chi connectivity index (χ0) is 28.8. The molecule has 41 heavy (non-hydrogen) atoms. The van der Waals surface area contributed by atoms with Gasteiger partial charge in [-0.2, -0.15) is 8.75 Å². The van der Waals surface area contributed by atoms with Crippen LogP contribution >= 0.6 is 11.7 Å². The molecule has 0 amide bonds. The number of benzene rings is 3. The van der Waals surface area contributed by atoms with Crippen LogP contribution in [0.4, 0.5) is 4.79 Å². The summed E-state index contributed by atoms with van der Waals surface area (Å²) in [6.07, 6.45) is 2.31. The molecule has 0 radical (unpaired) electrons. The molecule has 0 unspecified atom stereocenters. The van der Waals surface area contributed by atoms with E-state index in [-0.39, 0.29) is 6.61 Å². The van der Waals surface area contributed by atoms with E-state index in [9.17, 15) is 4.79 Å². The Morgan fingerprint density at radius 1 is 0.902 bits per heavy atom. The Morgan fingerprint density at radius 2 is 1.71 bits per heavy atom. The average Bonchev–Trinajstić information content (AvgIpc) is 3.57. The number of hydrogen-bond donors (Lipinski definition) is 0. The molecule has 0 fully saturated rings. The van der Waals surface area contributed by atoms with Gasteiger partial charge in [0.1, 0.15) is 16.8 Å². The van der Waals surface area contributed by atoms with Crippen LogP contribution in [-0.2, 0) is 11.3 Å². The minimum absolute atomic E-state index is 0.181. The minimum atomic E-state index is -0.794. The number of methoxy groups -OCH3 is 2. The van der Waals surface area contributed by atoms with Crippen molar-refractivity contribution in [2.45, 2.75) is 39.7 Å². The Bertz CT molecular complexity index is 1660. The zero-order valence-corrected chi connectivity index (χ0v) is 24.5. The molecule has 0 spiro atoms. The van der Waals surface area contributed by atoms with Gasteiger partial charge in [-0.1, -0.05) is 44.0 Å². The SMILES string of the molecule is CCCCCOc1cc2c(cc1OC)c(-c1ccc3nsnc3c1)c(OC(=O)OCC)n2Cc1ccccc1OC. The second kappa shape index (κ2) is 12.9. The van der Waals surface area contributed by atoms with Crippen LogP contribution in [0.3, 0.4) is 0 Å². The fourth-order valence-electron chi connectivity index (χ4n) is 4.85. The van der Waals surface area contributed by atoms with Gasteiger partial charge in [0, 0.05) is 17.0 Å². The van der Waals surface area contributed by atoms with E-state index in [4.69, 9.17) is 23.7 Å². The number of para-hydroxylation sites is 1. The molecule has 0 N–H and O–H groups in total. The number of ether oxygens (including phenoxy) is 5. The van der Waals surface area contributed by atoms with Crippen LogP contribution < -0.4 is 18.9 Å². The first kappa shape index (κ1) is 28.2. The number of rotatable bonds is 12. The third-order valence-electron chi connectivity index (χ3n) is 6.81. The maximum atomic E-state index is 12.8. The second-order valence-electron chi connectivity index (χ2n) is 9.41. The van der Waals surface area contributed by atoms with Crippen LogP contribution in [0, 0.1) is 0 Å². The first-order chi connectivity index (χ1) is 20.1. The Hall–Kier alpha value is -4.31. The van der Waals surface area contributed by atoms with Gasteiger partial charge >= 0.3 is 6.16 Å². The standard InChI is InChI=1S/C31H33N3O6S/c1-5-7-10-15-39-28-18-25-22(17-27(28)37-4)29(20-13-14-23-24(16-20)33-41-32-23)30(40-31(35)38-6-2)34(25)19-21-11-8-9-12-26(21)36-3/h8-9,11-14,16-18H,5-7,10,15,19H2,1-4H3. The molecule has 9 nitrogen and oxygen atoms in total. The van der Waals surface area contributed by atoms with Crippen molar-refractivity contribution in [2.75, 3.05) is 27.4 Å². The Balaban J connectivity index is 1.77. The lowest BCUT2D eigenvalue weighted by molar-refractivity contribution is 0.101. The maximum absolute atomic E-state index is 12.8. The molecular formula is C31H33N3O6S. The van der Waals surface area contributed by atoms with Gasteiger partial charge in [0.15, 0.2) is 11.5 Å². The largest absolute Gasteiger partial charge is 0.515 e. The molecular weight excluding hydrogens is 542 g/mol. The zero-order valence-electron chi connectivity index (χ0n) is 23.6. The lowest BCUT2D eigenvalue weighted by Gasteiger charge is -2.15. The highest BCUT2D eigenvalue weighted by atomic mass is 32.1. The summed E-state index contributed by atoms with van der Waals surface area (Å²) in [5, 5.41) is 0.819. The summed E-state index contributed by atoms with van der Waals surface area (Å²) in [6, 6.07) is 17.4. The van der Waals surface area contributed by atoms with E-state index in [0.29, 0.717) is 36.1 Å². The quantitative estimate of drug-likeness (QED) is 0.112. The van der Waals surface area contributed by atoms with E-state index in [0.717, 1.165) is 69.8 Å². The Kier molecular flexibility index (Phi) is 8.88. The molecule has 214 valence electrons. The molecule has 0 aliphatic carbocycles. The van der Waals surface area contributed by atoms with Crippen molar-refractivity contribution in [3.8, 4) is 34.3 Å². The minimum Gasteiger partial charge on any atom is -0.496 e. The van der Waals surface area contributed by atoms with Crippen molar-refractivity contribution in [3.05, 3.63) is 60.2 Å². The molecule has 10 heteroatoms. The highest BCUT2D eigenvalue weighted by Gasteiger charge is 2.26. The van der Waals surface area contributed by atoms with E-state index < -0.39 is 6.16 Å². The molecule has 0 atom stereocenters. The average molecular weight is 576 g/mol. The number of fused-ring (bicyclic) bond motifs is 2. The van der Waals surface area contributed by atoms with Gasteiger partial charge in [0.25, 0.3) is 0 Å². The normalized spacial score (nSPS) is 11.1. The number of hydrogen-bond acceptors (Lipinski definition) is 9. The van der Waals surface area contributed by atoms with Crippen LogP contribution in [0.1, 0.15) is 38.7 Å². The summed E-state index contributed by atoms with van der Waals surface area (Å²) in [5.41, 5.74) is 4.77. The molecule has 5 aromatic rings. The van der Waals surface area contributed by atoms with Crippen molar-refractivity contribution in [2.24, 2.45) is 0 Å². The van der Waals surface area contributed by atoms with E-state index in [1.807, 2.05) is 59.2 Å². The summed E-state index contributed by atoms with van der Waals surface area (Å²) < 4.78 is 39.5. The monoisotopic (exact) mass is 575 g/mol. The van der Waals surface area contributed by atoms with Crippen molar-refractivity contribution < 1.29 is 28.5 Å². The summed E-state index contributed by atoms with van der Waals surface area (Å²) in [5.74, 6) is 2.25. The third kappa shape index (κ3) is 5.92. The molecule has 3 aromatic carbocycles. The van der Waals surface area contributed by atoms with E-state index in [1.54, 1.807) is 21.1 Å². The Morgan fingerprint density at radius 3 is 2.49 bits per heavy atom. The smallest absolute Gasteiger partial charge is 0.496 e. The van der Waals surface area contributed by atoms with Gasteiger partial charge in [-0.15, -0.1) is 0 Å². The summed E-state index contributed by atoms with van der Waals surface area (Å²) in [6.45, 7) is 5.00. The third-order valence-corrected chi connectivity index (χ3v) is 7.37. The summed E-state index contributed by atoms with van der Waals surface area (Å²) in [4.78, 5) is 12.8. The molecule has 2 heterocycles. The molecule has 0 aliphatic heterocycles. The number of unbranched alkanes of at least 4 members (excludes halogenated alkanes) is 2. The van der Waals surface area contributed by atoms with Gasteiger partial charge in [-0.25, -0.2) is 4.79 Å². The van der Waals surface area contributed by atoms with Crippen molar-refractivity contribution in [1.29, 1.82) is 0 Å². The van der Waals surface area contributed by atoms with Crippen LogP contribution in [-0.4, -0.2) is 46.9 Å². The topological polar surface area (TPSA) is 93.9 Å². The first-order valence-electron chi connectivity index (χ1n) is 13.6. The van der Waals surface area contributed by atoms with Gasteiger partial charge < -0.3 is 28.3 Å². The summed E-state index contributed by atoms with van der Waals surface area (Å²) in [7, 11) is 3.26. The molecule has 0 saturated carbocycles.